The highest BCUT2D eigenvalue weighted by Gasteiger charge is 2.21. The van der Waals surface area contributed by atoms with Gasteiger partial charge in [-0.1, -0.05) is 9.59 Å². The minimum atomic E-state index is -3.78. The monoisotopic (exact) mass is 272 g/mol. The Kier molecular flexibility index (Phi) is 3.15. The van der Waals surface area contributed by atoms with E-state index in [2.05, 4.69) is 29.8 Å². The normalized spacial score (nSPS) is 11.1. The van der Waals surface area contributed by atoms with E-state index in [-0.39, 0.29) is 10.2 Å². The van der Waals surface area contributed by atoms with Crippen LogP contribution in [0, 0.1) is 0 Å². The lowest BCUT2D eigenvalue weighted by atomic mass is 10.4. The molecule has 0 aliphatic heterocycles. The number of pyridine rings is 1. The van der Waals surface area contributed by atoms with E-state index in [9.17, 15) is 8.42 Å². The third-order valence-corrected chi connectivity index (χ3v) is 3.75. The van der Waals surface area contributed by atoms with Crippen LogP contribution in [0.4, 0.5) is 10.8 Å². The van der Waals surface area contributed by atoms with Gasteiger partial charge in [-0.15, -0.1) is 0 Å². The molecule has 0 fully saturated rings. The lowest BCUT2D eigenvalue weighted by Crippen LogP contribution is -2.16. The van der Waals surface area contributed by atoms with E-state index >= 15 is 0 Å². The molecular formula is C7H8N6O2S2. The van der Waals surface area contributed by atoms with Gasteiger partial charge in [0.2, 0.25) is 5.13 Å². The average molecular weight is 272 g/mol. The maximum atomic E-state index is 12.0. The van der Waals surface area contributed by atoms with Gasteiger partial charge in [0.15, 0.2) is 5.03 Å². The van der Waals surface area contributed by atoms with Gasteiger partial charge in [-0.25, -0.2) is 4.98 Å². The Hall–Kier alpha value is -1.81. The summed E-state index contributed by atoms with van der Waals surface area (Å²) >= 11 is 0.847. The molecule has 17 heavy (non-hydrogen) atoms. The summed E-state index contributed by atoms with van der Waals surface area (Å²) in [5.41, 5.74) is 0.400. The summed E-state index contributed by atoms with van der Waals surface area (Å²) in [6.07, 6.45) is 1.40. The van der Waals surface area contributed by atoms with E-state index in [1.165, 1.54) is 6.20 Å². The molecule has 0 unspecified atom stereocenters. The number of aromatic nitrogens is 4. The molecule has 0 saturated heterocycles. The first-order chi connectivity index (χ1) is 8.13. The van der Waals surface area contributed by atoms with Crippen LogP contribution >= 0.6 is 11.5 Å². The quantitative estimate of drug-likeness (QED) is 0.816. The molecule has 2 aromatic heterocycles. The van der Waals surface area contributed by atoms with Gasteiger partial charge in [0.25, 0.3) is 10.0 Å². The van der Waals surface area contributed by atoms with Crippen LogP contribution in [0.25, 0.3) is 0 Å². The first kappa shape index (κ1) is 11.7. The van der Waals surface area contributed by atoms with Gasteiger partial charge in [0, 0.05) is 24.8 Å². The lowest BCUT2D eigenvalue weighted by molar-refractivity contribution is 0.598. The standard InChI is InChI=1S/C7H8N6O2S2/c1-8-5-3-2-4-9-6(5)17(14,15)11-7-10-12-13-16-7/h2-4,8H,1H3,(H,10,11,13). The molecule has 2 aromatic rings. The molecule has 8 nitrogen and oxygen atoms in total. The van der Waals surface area contributed by atoms with Crippen LogP contribution in [0.1, 0.15) is 0 Å². The maximum absolute atomic E-state index is 12.0. The number of hydrogen-bond acceptors (Lipinski definition) is 8. The fourth-order valence-corrected chi connectivity index (χ4v) is 2.86. The molecule has 0 bridgehead atoms. The summed E-state index contributed by atoms with van der Waals surface area (Å²) in [6.45, 7) is 0. The number of hydrogen-bond donors (Lipinski definition) is 2. The average Bonchev–Trinajstić information content (AvgIpc) is 2.81. The molecule has 0 saturated carbocycles. The van der Waals surface area contributed by atoms with E-state index in [0.29, 0.717) is 5.69 Å². The highest BCUT2D eigenvalue weighted by atomic mass is 32.2. The van der Waals surface area contributed by atoms with Gasteiger partial charge in [-0.05, 0) is 17.3 Å². The van der Waals surface area contributed by atoms with Crippen molar-refractivity contribution in [2.45, 2.75) is 5.03 Å². The Bertz CT molecular complexity index is 597. The van der Waals surface area contributed by atoms with E-state index in [4.69, 9.17) is 0 Å². The second kappa shape index (κ2) is 4.59. The topological polar surface area (TPSA) is 110 Å². The molecule has 0 radical (unpaired) electrons. The first-order valence-electron chi connectivity index (χ1n) is 4.44. The smallest absolute Gasteiger partial charge is 0.283 e. The summed E-state index contributed by atoms with van der Waals surface area (Å²) in [5, 5.41) is 9.55. The van der Waals surface area contributed by atoms with E-state index in [0.717, 1.165) is 11.5 Å². The minimum absolute atomic E-state index is 0.0951. The number of rotatable bonds is 4. The van der Waals surface area contributed by atoms with Crippen molar-refractivity contribution in [3.63, 3.8) is 0 Å². The van der Waals surface area contributed by atoms with E-state index in [1.54, 1.807) is 19.2 Å². The molecule has 0 aromatic carbocycles. The zero-order valence-electron chi connectivity index (χ0n) is 8.65. The predicted octanol–water partition coefficient (Wildman–Crippen LogP) is 0.171. The summed E-state index contributed by atoms with van der Waals surface area (Å²) in [6, 6.07) is 3.25. The zero-order chi connectivity index (χ0) is 12.3. The van der Waals surface area contributed by atoms with Gasteiger partial charge in [0.05, 0.1) is 5.69 Å². The lowest BCUT2D eigenvalue weighted by Gasteiger charge is -2.08. The Balaban J connectivity index is 2.38. The Morgan fingerprint density at radius 3 is 2.88 bits per heavy atom. The fraction of sp³-hybridized carbons (Fsp3) is 0.143. The van der Waals surface area contributed by atoms with Crippen molar-refractivity contribution < 1.29 is 8.42 Å². The Morgan fingerprint density at radius 2 is 2.24 bits per heavy atom. The molecule has 90 valence electrons. The maximum Gasteiger partial charge on any atom is 0.283 e. The minimum Gasteiger partial charge on any atom is -0.386 e. The van der Waals surface area contributed by atoms with Gasteiger partial charge in [-0.2, -0.15) is 8.42 Å². The molecule has 2 rings (SSSR count). The van der Waals surface area contributed by atoms with Gasteiger partial charge >= 0.3 is 0 Å². The molecule has 2 N–H and O–H groups in total. The molecule has 0 aliphatic carbocycles. The van der Waals surface area contributed by atoms with Crippen molar-refractivity contribution in [3.8, 4) is 0 Å². The van der Waals surface area contributed by atoms with Crippen LogP contribution in [-0.2, 0) is 10.0 Å². The second-order valence-electron chi connectivity index (χ2n) is 2.88. The molecule has 0 atom stereocenters. The van der Waals surface area contributed by atoms with Crippen molar-refractivity contribution in [1.82, 2.24) is 19.8 Å². The predicted molar refractivity (Wildman–Crippen MR) is 62.3 cm³/mol. The number of nitrogens with zero attached hydrogens (tertiary/aromatic N) is 4. The first-order valence-corrected chi connectivity index (χ1v) is 6.70. The molecule has 0 amide bonds. The molecule has 2 heterocycles. The van der Waals surface area contributed by atoms with Crippen molar-refractivity contribution >= 4 is 32.4 Å². The van der Waals surface area contributed by atoms with Crippen LogP contribution < -0.4 is 10.0 Å². The molecule has 0 spiro atoms. The molecule has 0 aliphatic rings. The number of sulfonamides is 1. The Morgan fingerprint density at radius 1 is 1.41 bits per heavy atom. The highest BCUT2D eigenvalue weighted by Crippen LogP contribution is 2.20. The summed E-state index contributed by atoms with van der Waals surface area (Å²) in [7, 11) is -2.17. The van der Waals surface area contributed by atoms with Crippen molar-refractivity contribution in [3.05, 3.63) is 18.3 Å². The van der Waals surface area contributed by atoms with Crippen LogP contribution in [0.3, 0.4) is 0 Å². The zero-order valence-corrected chi connectivity index (χ0v) is 10.3. The van der Waals surface area contributed by atoms with Gasteiger partial charge in [-0.3, -0.25) is 4.72 Å². The van der Waals surface area contributed by atoms with Crippen LogP contribution in [-0.4, -0.2) is 35.2 Å². The number of nitrogens with one attached hydrogen (secondary N) is 2. The highest BCUT2D eigenvalue weighted by molar-refractivity contribution is 7.93. The fourth-order valence-electron chi connectivity index (χ4n) is 1.13. The SMILES string of the molecule is CNc1cccnc1S(=O)(=O)Nc1nnns1. The summed E-state index contributed by atoms with van der Waals surface area (Å²) < 4.78 is 29.7. The van der Waals surface area contributed by atoms with Crippen LogP contribution in [0.2, 0.25) is 0 Å². The third kappa shape index (κ3) is 2.47. The molecule has 10 heteroatoms. The van der Waals surface area contributed by atoms with Crippen LogP contribution in [0.15, 0.2) is 23.4 Å². The van der Waals surface area contributed by atoms with E-state index in [1.807, 2.05) is 0 Å². The summed E-state index contributed by atoms with van der Waals surface area (Å²) in [5.74, 6) is 0. The van der Waals surface area contributed by atoms with E-state index < -0.39 is 10.0 Å². The van der Waals surface area contributed by atoms with Crippen molar-refractivity contribution in [2.24, 2.45) is 0 Å². The number of anilines is 2. The van der Waals surface area contributed by atoms with Gasteiger partial charge < -0.3 is 5.32 Å². The van der Waals surface area contributed by atoms with Crippen LogP contribution in [0.5, 0.6) is 0 Å². The van der Waals surface area contributed by atoms with Gasteiger partial charge in [0.1, 0.15) is 0 Å². The van der Waals surface area contributed by atoms with Crippen molar-refractivity contribution in [1.29, 1.82) is 0 Å². The van der Waals surface area contributed by atoms with Crippen molar-refractivity contribution in [2.75, 3.05) is 17.1 Å². The Labute approximate surface area is 101 Å². The largest absolute Gasteiger partial charge is 0.386 e. The summed E-state index contributed by atoms with van der Waals surface area (Å²) in [4.78, 5) is 3.82. The third-order valence-electron chi connectivity index (χ3n) is 1.82. The second-order valence-corrected chi connectivity index (χ2v) is 5.21. The molecular weight excluding hydrogens is 264 g/mol.